The first-order valence-electron chi connectivity index (χ1n) is 8.57. The Morgan fingerprint density at radius 3 is 2.20 bits per heavy atom. The van der Waals surface area contributed by atoms with Crippen molar-refractivity contribution in [2.24, 2.45) is 5.92 Å². The smallest absolute Gasteiger partial charge is 0.261 e. The summed E-state index contributed by atoms with van der Waals surface area (Å²) in [5.41, 5.74) is 0.840. The van der Waals surface area contributed by atoms with Gasteiger partial charge in [0, 0.05) is 32.0 Å². The monoisotopic (exact) mass is 343 g/mol. The number of benzene rings is 1. The van der Waals surface area contributed by atoms with Crippen LogP contribution < -0.4 is 10.6 Å². The summed E-state index contributed by atoms with van der Waals surface area (Å²) in [4.78, 5) is 48.8. The lowest BCUT2D eigenvalue weighted by Crippen LogP contribution is -2.36. The van der Waals surface area contributed by atoms with Crippen molar-refractivity contribution in [3.63, 3.8) is 0 Å². The Bertz CT molecular complexity index is 677. The lowest BCUT2D eigenvalue weighted by molar-refractivity contribution is -0.123. The lowest BCUT2D eigenvalue weighted by atomic mass is 10.1. The van der Waals surface area contributed by atoms with E-state index in [9.17, 15) is 19.2 Å². The summed E-state index contributed by atoms with van der Waals surface area (Å²) >= 11 is 0. The number of hydrogen-bond donors (Lipinski definition) is 2. The summed E-state index contributed by atoms with van der Waals surface area (Å²) in [5.74, 6) is -0.542. The van der Waals surface area contributed by atoms with Crippen LogP contribution in [0.4, 0.5) is 0 Å². The Balaban J connectivity index is 1.34. The van der Waals surface area contributed by atoms with E-state index in [2.05, 4.69) is 10.6 Å². The quantitative estimate of drug-likeness (QED) is 0.537. The Morgan fingerprint density at radius 2 is 1.60 bits per heavy atom. The van der Waals surface area contributed by atoms with Crippen LogP contribution in [-0.2, 0) is 9.59 Å². The van der Waals surface area contributed by atoms with Gasteiger partial charge in [-0.3, -0.25) is 24.1 Å². The van der Waals surface area contributed by atoms with Gasteiger partial charge in [-0.2, -0.15) is 0 Å². The molecule has 0 aromatic heterocycles. The van der Waals surface area contributed by atoms with Gasteiger partial charge >= 0.3 is 0 Å². The van der Waals surface area contributed by atoms with E-state index < -0.39 is 0 Å². The SMILES string of the molecule is O=C(CCCN1C(=O)c2ccccc2C1=O)NCCNC(=O)C1CC1. The molecule has 132 valence electrons. The third kappa shape index (κ3) is 4.04. The number of fused-ring (bicyclic) bond motifs is 1. The first kappa shape index (κ1) is 17.1. The Hall–Kier alpha value is -2.70. The van der Waals surface area contributed by atoms with Gasteiger partial charge in [0.05, 0.1) is 11.1 Å². The van der Waals surface area contributed by atoms with E-state index in [1.165, 1.54) is 4.90 Å². The zero-order chi connectivity index (χ0) is 17.8. The van der Waals surface area contributed by atoms with E-state index in [0.717, 1.165) is 12.8 Å². The van der Waals surface area contributed by atoms with Crippen molar-refractivity contribution in [3.05, 3.63) is 35.4 Å². The van der Waals surface area contributed by atoms with Gasteiger partial charge in [0.15, 0.2) is 0 Å². The van der Waals surface area contributed by atoms with Crippen LogP contribution in [0.3, 0.4) is 0 Å². The van der Waals surface area contributed by atoms with Gasteiger partial charge < -0.3 is 10.6 Å². The Morgan fingerprint density at radius 1 is 1.00 bits per heavy atom. The largest absolute Gasteiger partial charge is 0.354 e. The van der Waals surface area contributed by atoms with Crippen molar-refractivity contribution < 1.29 is 19.2 Å². The summed E-state index contributed by atoms with van der Waals surface area (Å²) in [6.07, 6.45) is 2.54. The van der Waals surface area contributed by atoms with E-state index in [0.29, 0.717) is 30.6 Å². The van der Waals surface area contributed by atoms with Gasteiger partial charge in [-0.25, -0.2) is 0 Å². The zero-order valence-corrected chi connectivity index (χ0v) is 13.9. The standard InChI is InChI=1S/C18H21N3O4/c22-15(19-9-10-20-16(23)12-7-8-12)6-3-11-21-17(24)13-4-1-2-5-14(13)18(21)25/h1-2,4-5,12H,3,6-11H2,(H,19,22)(H,20,23). The molecule has 0 unspecified atom stereocenters. The molecule has 7 nitrogen and oxygen atoms in total. The van der Waals surface area contributed by atoms with Gasteiger partial charge in [0.2, 0.25) is 11.8 Å². The molecule has 2 aliphatic rings. The van der Waals surface area contributed by atoms with E-state index in [-0.39, 0.29) is 42.5 Å². The summed E-state index contributed by atoms with van der Waals surface area (Å²) in [5, 5.41) is 5.49. The molecule has 3 rings (SSSR count). The highest BCUT2D eigenvalue weighted by atomic mass is 16.2. The van der Waals surface area contributed by atoms with Crippen molar-refractivity contribution in [1.82, 2.24) is 15.5 Å². The lowest BCUT2D eigenvalue weighted by Gasteiger charge is -2.13. The van der Waals surface area contributed by atoms with Gasteiger partial charge in [0.25, 0.3) is 11.8 Å². The van der Waals surface area contributed by atoms with Gasteiger partial charge in [0.1, 0.15) is 0 Å². The molecule has 1 fully saturated rings. The fourth-order valence-corrected chi connectivity index (χ4v) is 2.81. The van der Waals surface area contributed by atoms with Crippen LogP contribution in [0.5, 0.6) is 0 Å². The minimum absolute atomic E-state index is 0.0554. The number of nitrogens with one attached hydrogen (secondary N) is 2. The van der Waals surface area contributed by atoms with Crippen LogP contribution in [0.25, 0.3) is 0 Å². The minimum Gasteiger partial charge on any atom is -0.354 e. The number of carbonyl (C=O) groups excluding carboxylic acids is 4. The topological polar surface area (TPSA) is 95.6 Å². The molecule has 1 aliphatic heterocycles. The second-order valence-corrected chi connectivity index (χ2v) is 6.33. The Labute approximate surface area is 145 Å². The maximum absolute atomic E-state index is 12.2. The zero-order valence-electron chi connectivity index (χ0n) is 13.9. The molecule has 1 heterocycles. The van der Waals surface area contributed by atoms with Crippen LogP contribution in [-0.4, -0.2) is 48.2 Å². The molecule has 1 aromatic carbocycles. The molecule has 0 radical (unpaired) electrons. The van der Waals surface area contributed by atoms with Crippen LogP contribution >= 0.6 is 0 Å². The molecular formula is C18H21N3O4. The van der Waals surface area contributed by atoms with Crippen molar-refractivity contribution in [2.45, 2.75) is 25.7 Å². The fraction of sp³-hybridized carbons (Fsp3) is 0.444. The molecular weight excluding hydrogens is 322 g/mol. The van der Waals surface area contributed by atoms with Crippen LogP contribution in [0.15, 0.2) is 24.3 Å². The van der Waals surface area contributed by atoms with E-state index in [1.807, 2.05) is 0 Å². The predicted octanol–water partition coefficient (Wildman–Crippen LogP) is 0.705. The summed E-state index contributed by atoms with van der Waals surface area (Å²) in [6, 6.07) is 6.72. The molecule has 0 spiro atoms. The third-order valence-corrected chi connectivity index (χ3v) is 4.36. The summed E-state index contributed by atoms with van der Waals surface area (Å²) < 4.78 is 0. The highest BCUT2D eigenvalue weighted by molar-refractivity contribution is 6.21. The maximum atomic E-state index is 12.2. The number of carbonyl (C=O) groups is 4. The molecule has 1 saturated carbocycles. The molecule has 2 N–H and O–H groups in total. The van der Waals surface area contributed by atoms with Crippen molar-refractivity contribution in [1.29, 1.82) is 0 Å². The molecule has 0 atom stereocenters. The highest BCUT2D eigenvalue weighted by Gasteiger charge is 2.34. The maximum Gasteiger partial charge on any atom is 0.261 e. The Kier molecular flexibility index (Phi) is 5.11. The second-order valence-electron chi connectivity index (χ2n) is 6.33. The van der Waals surface area contributed by atoms with E-state index in [1.54, 1.807) is 24.3 Å². The second kappa shape index (κ2) is 7.46. The first-order valence-corrected chi connectivity index (χ1v) is 8.57. The molecule has 1 aliphatic carbocycles. The molecule has 25 heavy (non-hydrogen) atoms. The fourth-order valence-electron chi connectivity index (χ4n) is 2.81. The predicted molar refractivity (Wildman–Crippen MR) is 89.8 cm³/mol. The van der Waals surface area contributed by atoms with Gasteiger partial charge in [-0.05, 0) is 31.4 Å². The minimum atomic E-state index is -0.302. The van der Waals surface area contributed by atoms with Crippen molar-refractivity contribution in [3.8, 4) is 0 Å². The van der Waals surface area contributed by atoms with E-state index >= 15 is 0 Å². The number of nitrogens with zero attached hydrogens (tertiary/aromatic N) is 1. The molecule has 0 bridgehead atoms. The van der Waals surface area contributed by atoms with Crippen molar-refractivity contribution in [2.75, 3.05) is 19.6 Å². The number of hydrogen-bond acceptors (Lipinski definition) is 4. The van der Waals surface area contributed by atoms with Crippen molar-refractivity contribution >= 4 is 23.6 Å². The molecule has 0 saturated heterocycles. The summed E-state index contributed by atoms with van der Waals surface area (Å²) in [7, 11) is 0. The van der Waals surface area contributed by atoms with Crippen LogP contribution in [0.1, 0.15) is 46.4 Å². The first-order chi connectivity index (χ1) is 12.1. The normalized spacial score (nSPS) is 15.9. The summed E-state index contributed by atoms with van der Waals surface area (Å²) in [6.45, 7) is 1.02. The number of imide groups is 1. The molecule has 1 aromatic rings. The van der Waals surface area contributed by atoms with Crippen LogP contribution in [0, 0.1) is 5.92 Å². The number of amides is 4. The van der Waals surface area contributed by atoms with E-state index in [4.69, 9.17) is 0 Å². The van der Waals surface area contributed by atoms with Crippen LogP contribution in [0.2, 0.25) is 0 Å². The van der Waals surface area contributed by atoms with Gasteiger partial charge in [-0.15, -0.1) is 0 Å². The molecule has 4 amide bonds. The number of rotatable bonds is 8. The van der Waals surface area contributed by atoms with Gasteiger partial charge in [-0.1, -0.05) is 12.1 Å². The average molecular weight is 343 g/mol. The average Bonchev–Trinajstić information content (AvgIpc) is 3.43. The third-order valence-electron chi connectivity index (χ3n) is 4.36. The highest BCUT2D eigenvalue weighted by Crippen LogP contribution is 2.28. The molecule has 7 heteroatoms.